The number of unbranched alkanes of at least 4 members (excludes halogenated alkanes) is 7. The van der Waals surface area contributed by atoms with Crippen molar-refractivity contribution >= 4 is 6.29 Å². The minimum atomic E-state index is 0.727. The van der Waals surface area contributed by atoms with E-state index in [-0.39, 0.29) is 0 Å². The highest BCUT2D eigenvalue weighted by atomic mass is 16.1. The first kappa shape index (κ1) is 18.4. The van der Waals surface area contributed by atoms with Gasteiger partial charge < -0.3 is 0 Å². The molecule has 0 aliphatic heterocycles. The molecule has 0 unspecified atom stereocenters. The molecule has 0 aliphatic carbocycles. The molecular weight excluding hydrogens is 292 g/mol. The van der Waals surface area contributed by atoms with E-state index < -0.39 is 0 Å². The predicted octanol–water partition coefficient (Wildman–Crippen LogP) is 6.85. The molecule has 2 rings (SSSR count). The molecule has 1 heteroatoms. The lowest BCUT2D eigenvalue weighted by Crippen LogP contribution is -1.87. The molecule has 2 aromatic carbocycles. The Morgan fingerprint density at radius 2 is 1.17 bits per heavy atom. The molecular formula is C23H30O. The zero-order valence-electron chi connectivity index (χ0n) is 15.0. The topological polar surface area (TPSA) is 17.1 Å². The van der Waals surface area contributed by atoms with Gasteiger partial charge in [-0.2, -0.15) is 0 Å². The van der Waals surface area contributed by atoms with E-state index >= 15 is 0 Å². The van der Waals surface area contributed by atoms with Crippen LogP contribution in [-0.4, -0.2) is 6.29 Å². The van der Waals surface area contributed by atoms with Crippen LogP contribution in [0.3, 0.4) is 0 Å². The van der Waals surface area contributed by atoms with Gasteiger partial charge in [0.15, 0.2) is 0 Å². The molecule has 128 valence electrons. The van der Waals surface area contributed by atoms with Gasteiger partial charge in [-0.15, -0.1) is 0 Å². The molecule has 0 atom stereocenters. The van der Waals surface area contributed by atoms with Crippen molar-refractivity contribution in [2.24, 2.45) is 0 Å². The van der Waals surface area contributed by atoms with Crippen LogP contribution in [0.4, 0.5) is 0 Å². The number of hydrogen-bond acceptors (Lipinski definition) is 1. The highest BCUT2D eigenvalue weighted by molar-refractivity contribution is 5.76. The van der Waals surface area contributed by atoms with Crippen LogP contribution in [0.25, 0.3) is 11.1 Å². The number of carbonyl (C=O) groups excluding carboxylic acids is 1. The summed E-state index contributed by atoms with van der Waals surface area (Å²) < 4.78 is 0. The maximum atomic E-state index is 10.7. The monoisotopic (exact) mass is 322 g/mol. The van der Waals surface area contributed by atoms with Gasteiger partial charge in [0.05, 0.1) is 0 Å². The number of hydrogen-bond donors (Lipinski definition) is 0. The molecule has 2 aromatic rings. The molecule has 0 amide bonds. The summed E-state index contributed by atoms with van der Waals surface area (Å²) in [5.41, 5.74) is 4.53. The summed E-state index contributed by atoms with van der Waals surface area (Å²) in [4.78, 5) is 10.7. The van der Waals surface area contributed by atoms with Crippen LogP contribution in [0.1, 0.15) is 74.2 Å². The fourth-order valence-corrected chi connectivity index (χ4v) is 3.08. The second-order valence-electron chi connectivity index (χ2n) is 6.66. The van der Waals surface area contributed by atoms with Crippen LogP contribution in [0.2, 0.25) is 0 Å². The summed E-state index contributed by atoms with van der Waals surface area (Å²) in [7, 11) is 0. The molecule has 0 bridgehead atoms. The van der Waals surface area contributed by atoms with Crippen molar-refractivity contribution in [1.29, 1.82) is 0 Å². The van der Waals surface area contributed by atoms with Gasteiger partial charge in [-0.3, -0.25) is 4.79 Å². The first-order chi connectivity index (χ1) is 11.8. The van der Waals surface area contributed by atoms with Crippen LogP contribution in [-0.2, 0) is 6.42 Å². The molecule has 0 radical (unpaired) electrons. The van der Waals surface area contributed by atoms with E-state index in [1.54, 1.807) is 0 Å². The van der Waals surface area contributed by atoms with E-state index in [1.165, 1.54) is 74.5 Å². The average molecular weight is 322 g/mol. The molecule has 1 nitrogen and oxygen atoms in total. The molecule has 0 aromatic heterocycles. The molecule has 0 fully saturated rings. The zero-order chi connectivity index (χ0) is 17.0. The maximum Gasteiger partial charge on any atom is 0.150 e. The Labute approximate surface area is 147 Å². The Kier molecular flexibility index (Phi) is 8.31. The molecule has 0 N–H and O–H groups in total. The quantitative estimate of drug-likeness (QED) is 0.326. The Hall–Kier alpha value is -1.89. The summed E-state index contributed by atoms with van der Waals surface area (Å²) >= 11 is 0. The highest BCUT2D eigenvalue weighted by Crippen LogP contribution is 2.21. The van der Waals surface area contributed by atoms with E-state index in [0.717, 1.165) is 11.8 Å². The SMILES string of the molecule is CCCCCCCCCCc1ccc(-c2ccc(C=O)cc2)cc1. The van der Waals surface area contributed by atoms with E-state index in [9.17, 15) is 4.79 Å². The third-order valence-electron chi connectivity index (χ3n) is 4.65. The number of carbonyl (C=O) groups is 1. The fourth-order valence-electron chi connectivity index (χ4n) is 3.08. The van der Waals surface area contributed by atoms with Gasteiger partial charge in [0.2, 0.25) is 0 Å². The lowest BCUT2D eigenvalue weighted by Gasteiger charge is -2.05. The van der Waals surface area contributed by atoms with Crippen molar-refractivity contribution in [3.63, 3.8) is 0 Å². The summed E-state index contributed by atoms with van der Waals surface area (Å²) in [6.07, 6.45) is 13.0. The van der Waals surface area contributed by atoms with Crippen LogP contribution in [0.15, 0.2) is 48.5 Å². The highest BCUT2D eigenvalue weighted by Gasteiger charge is 1.99. The lowest BCUT2D eigenvalue weighted by atomic mass is 10.00. The van der Waals surface area contributed by atoms with Gasteiger partial charge >= 0.3 is 0 Å². The van der Waals surface area contributed by atoms with Crippen molar-refractivity contribution in [1.82, 2.24) is 0 Å². The van der Waals surface area contributed by atoms with Crippen LogP contribution >= 0.6 is 0 Å². The molecule has 0 saturated heterocycles. The first-order valence-corrected chi connectivity index (χ1v) is 9.48. The number of aldehydes is 1. The van der Waals surface area contributed by atoms with Crippen molar-refractivity contribution in [2.45, 2.75) is 64.7 Å². The largest absolute Gasteiger partial charge is 0.298 e. The van der Waals surface area contributed by atoms with Crippen molar-refractivity contribution < 1.29 is 4.79 Å². The van der Waals surface area contributed by atoms with E-state index in [4.69, 9.17) is 0 Å². The fraction of sp³-hybridized carbons (Fsp3) is 0.435. The van der Waals surface area contributed by atoms with E-state index in [1.807, 2.05) is 24.3 Å². The normalized spacial score (nSPS) is 10.7. The summed E-state index contributed by atoms with van der Waals surface area (Å²) in [5, 5.41) is 0. The molecule has 0 heterocycles. The van der Waals surface area contributed by atoms with Gasteiger partial charge in [0.25, 0.3) is 0 Å². The predicted molar refractivity (Wildman–Crippen MR) is 104 cm³/mol. The van der Waals surface area contributed by atoms with Crippen LogP contribution in [0.5, 0.6) is 0 Å². The van der Waals surface area contributed by atoms with Crippen molar-refractivity contribution in [3.05, 3.63) is 59.7 Å². The number of aryl methyl sites for hydroxylation is 1. The van der Waals surface area contributed by atoms with Crippen molar-refractivity contribution in [2.75, 3.05) is 0 Å². The number of benzene rings is 2. The molecule has 0 saturated carbocycles. The van der Waals surface area contributed by atoms with Crippen LogP contribution in [0, 0.1) is 0 Å². The third kappa shape index (κ3) is 6.31. The smallest absolute Gasteiger partial charge is 0.150 e. The minimum Gasteiger partial charge on any atom is -0.298 e. The van der Waals surface area contributed by atoms with Gasteiger partial charge in [-0.25, -0.2) is 0 Å². The summed E-state index contributed by atoms with van der Waals surface area (Å²) in [5.74, 6) is 0. The zero-order valence-corrected chi connectivity index (χ0v) is 15.0. The third-order valence-corrected chi connectivity index (χ3v) is 4.65. The molecule has 0 aliphatic rings. The molecule has 24 heavy (non-hydrogen) atoms. The standard InChI is InChI=1S/C23H30O/c1-2-3-4-5-6-7-8-9-10-20-11-15-22(16-12-20)23-17-13-21(19-24)14-18-23/h11-19H,2-10H2,1H3. The van der Waals surface area contributed by atoms with Crippen LogP contribution < -0.4 is 0 Å². The van der Waals surface area contributed by atoms with Gasteiger partial charge in [-0.05, 0) is 29.5 Å². The Balaban J connectivity index is 1.71. The van der Waals surface area contributed by atoms with E-state index in [0.29, 0.717) is 0 Å². The minimum absolute atomic E-state index is 0.727. The second kappa shape index (κ2) is 10.8. The summed E-state index contributed by atoms with van der Waals surface area (Å²) in [6, 6.07) is 16.6. The Morgan fingerprint density at radius 1 is 0.667 bits per heavy atom. The summed E-state index contributed by atoms with van der Waals surface area (Å²) in [6.45, 7) is 2.27. The second-order valence-corrected chi connectivity index (χ2v) is 6.66. The lowest BCUT2D eigenvalue weighted by molar-refractivity contribution is 0.112. The van der Waals surface area contributed by atoms with Gasteiger partial charge in [0.1, 0.15) is 6.29 Å². The average Bonchev–Trinajstić information content (AvgIpc) is 2.64. The Morgan fingerprint density at radius 3 is 1.71 bits per heavy atom. The van der Waals surface area contributed by atoms with Gasteiger partial charge in [-0.1, -0.05) is 100 Å². The van der Waals surface area contributed by atoms with Gasteiger partial charge in [0, 0.05) is 5.56 Å². The first-order valence-electron chi connectivity index (χ1n) is 9.48. The number of rotatable bonds is 11. The van der Waals surface area contributed by atoms with Crippen molar-refractivity contribution in [3.8, 4) is 11.1 Å². The molecule has 0 spiro atoms. The van der Waals surface area contributed by atoms with E-state index in [2.05, 4.69) is 31.2 Å². The Bertz CT molecular complexity index is 580. The maximum absolute atomic E-state index is 10.7.